The van der Waals surface area contributed by atoms with Crippen molar-refractivity contribution in [1.29, 1.82) is 0 Å². The SMILES string of the molecule is CNC(=O)c1cc(C)c(C[C@@H](CNC(=O)CC(C)(C)c2ccccc2)N(C)C)cc1F. The van der Waals surface area contributed by atoms with Gasteiger partial charge in [-0.05, 0) is 61.7 Å². The maximum absolute atomic E-state index is 14.4. The highest BCUT2D eigenvalue weighted by Crippen LogP contribution is 2.26. The second-order valence-electron chi connectivity index (χ2n) is 8.89. The number of halogens is 1. The molecule has 2 N–H and O–H groups in total. The lowest BCUT2D eigenvalue weighted by molar-refractivity contribution is -0.122. The van der Waals surface area contributed by atoms with E-state index in [2.05, 4.69) is 24.5 Å². The fourth-order valence-corrected chi connectivity index (χ4v) is 3.63. The van der Waals surface area contributed by atoms with Crippen molar-refractivity contribution >= 4 is 11.8 Å². The van der Waals surface area contributed by atoms with Crippen molar-refractivity contribution in [2.75, 3.05) is 27.7 Å². The summed E-state index contributed by atoms with van der Waals surface area (Å²) in [6.07, 6.45) is 0.942. The fraction of sp³-hybridized carbons (Fsp3) is 0.440. The van der Waals surface area contributed by atoms with E-state index in [1.54, 1.807) is 6.07 Å². The smallest absolute Gasteiger partial charge is 0.254 e. The second-order valence-corrected chi connectivity index (χ2v) is 8.89. The maximum atomic E-state index is 14.4. The van der Waals surface area contributed by atoms with Crippen LogP contribution in [0.2, 0.25) is 0 Å². The van der Waals surface area contributed by atoms with Crippen LogP contribution < -0.4 is 10.6 Å². The fourth-order valence-electron chi connectivity index (χ4n) is 3.63. The van der Waals surface area contributed by atoms with Crippen molar-refractivity contribution in [3.05, 3.63) is 70.5 Å². The Bertz CT molecular complexity index is 910. The summed E-state index contributed by atoms with van der Waals surface area (Å²) in [6, 6.07) is 13.0. The average Bonchev–Trinajstić information content (AvgIpc) is 2.72. The van der Waals surface area contributed by atoms with Crippen LogP contribution in [0, 0.1) is 12.7 Å². The summed E-state index contributed by atoms with van der Waals surface area (Å²) in [5, 5.41) is 5.50. The number of likely N-dealkylation sites (N-methyl/N-ethyl adjacent to an activating group) is 1. The van der Waals surface area contributed by atoms with Gasteiger partial charge in [0.15, 0.2) is 0 Å². The number of hydrogen-bond acceptors (Lipinski definition) is 3. The predicted molar refractivity (Wildman–Crippen MR) is 123 cm³/mol. The van der Waals surface area contributed by atoms with Crippen molar-refractivity contribution in [1.82, 2.24) is 15.5 Å². The van der Waals surface area contributed by atoms with Crippen molar-refractivity contribution in [3.8, 4) is 0 Å². The number of hydrogen-bond donors (Lipinski definition) is 2. The Balaban J connectivity index is 2.05. The molecule has 0 aromatic heterocycles. The van der Waals surface area contributed by atoms with Gasteiger partial charge in [-0.1, -0.05) is 44.2 Å². The van der Waals surface area contributed by atoms with Gasteiger partial charge in [0.05, 0.1) is 5.56 Å². The molecule has 0 heterocycles. The molecule has 0 bridgehead atoms. The Labute approximate surface area is 185 Å². The van der Waals surface area contributed by atoms with Gasteiger partial charge in [0.25, 0.3) is 5.91 Å². The molecule has 1 atom stereocenters. The first-order valence-corrected chi connectivity index (χ1v) is 10.5. The lowest BCUT2D eigenvalue weighted by atomic mass is 9.81. The van der Waals surface area contributed by atoms with Crippen LogP contribution >= 0.6 is 0 Å². The Morgan fingerprint density at radius 1 is 1.13 bits per heavy atom. The van der Waals surface area contributed by atoms with Gasteiger partial charge in [-0.2, -0.15) is 0 Å². The van der Waals surface area contributed by atoms with E-state index in [1.807, 2.05) is 56.3 Å². The van der Waals surface area contributed by atoms with Crippen LogP contribution in [0.15, 0.2) is 42.5 Å². The zero-order chi connectivity index (χ0) is 23.2. The Kier molecular flexibility index (Phi) is 8.34. The predicted octanol–water partition coefficient (Wildman–Crippen LogP) is 3.45. The number of benzene rings is 2. The monoisotopic (exact) mass is 427 g/mol. The van der Waals surface area contributed by atoms with E-state index in [4.69, 9.17) is 0 Å². The van der Waals surface area contributed by atoms with Crippen LogP contribution in [0.25, 0.3) is 0 Å². The molecule has 0 fully saturated rings. The molecule has 2 aromatic carbocycles. The lowest BCUT2D eigenvalue weighted by Crippen LogP contribution is -2.43. The zero-order valence-corrected chi connectivity index (χ0v) is 19.4. The first-order chi connectivity index (χ1) is 14.5. The van der Waals surface area contributed by atoms with Crippen LogP contribution in [0.4, 0.5) is 4.39 Å². The molecule has 0 aliphatic rings. The standard InChI is InChI=1S/C25H34FN3O2/c1-17-12-21(24(31)27-4)22(26)14-18(17)13-20(29(5)6)16-28-23(30)15-25(2,3)19-10-8-7-9-11-19/h7-12,14,20H,13,15-16H2,1-6H3,(H,27,31)(H,28,30)/t20-/m0/s1. The minimum atomic E-state index is -0.536. The van der Waals surface area contributed by atoms with Gasteiger partial charge in [-0.15, -0.1) is 0 Å². The van der Waals surface area contributed by atoms with Crippen molar-refractivity contribution < 1.29 is 14.0 Å². The number of amides is 2. The number of aryl methyl sites for hydroxylation is 1. The summed E-state index contributed by atoms with van der Waals surface area (Å²) in [6.45, 7) is 6.45. The third-order valence-electron chi connectivity index (χ3n) is 5.78. The summed E-state index contributed by atoms with van der Waals surface area (Å²) < 4.78 is 14.4. The first-order valence-electron chi connectivity index (χ1n) is 10.5. The van der Waals surface area contributed by atoms with E-state index >= 15 is 0 Å². The Morgan fingerprint density at radius 3 is 2.35 bits per heavy atom. The maximum Gasteiger partial charge on any atom is 0.254 e. The second kappa shape index (κ2) is 10.5. The van der Waals surface area contributed by atoms with Crippen molar-refractivity contribution in [2.45, 2.75) is 45.1 Å². The van der Waals surface area contributed by atoms with E-state index in [0.717, 1.165) is 16.7 Å². The van der Waals surface area contributed by atoms with E-state index in [1.165, 1.54) is 13.1 Å². The molecule has 31 heavy (non-hydrogen) atoms. The first kappa shape index (κ1) is 24.5. The third-order valence-corrected chi connectivity index (χ3v) is 5.78. The molecule has 0 spiro atoms. The topological polar surface area (TPSA) is 61.4 Å². The normalized spacial score (nSPS) is 12.5. The molecule has 0 saturated carbocycles. The number of nitrogens with one attached hydrogen (secondary N) is 2. The molecule has 0 aliphatic heterocycles. The summed E-state index contributed by atoms with van der Waals surface area (Å²) in [7, 11) is 5.36. The Morgan fingerprint density at radius 2 is 1.77 bits per heavy atom. The van der Waals surface area contributed by atoms with Crippen LogP contribution in [0.3, 0.4) is 0 Å². The number of carbonyl (C=O) groups excluding carboxylic acids is 2. The van der Waals surface area contributed by atoms with Gasteiger partial charge in [-0.25, -0.2) is 4.39 Å². The van der Waals surface area contributed by atoms with Gasteiger partial charge >= 0.3 is 0 Å². The van der Waals surface area contributed by atoms with Crippen LogP contribution in [0.5, 0.6) is 0 Å². The Hall–Kier alpha value is -2.73. The molecule has 2 amide bonds. The molecule has 0 aliphatic carbocycles. The summed E-state index contributed by atoms with van der Waals surface area (Å²) >= 11 is 0. The average molecular weight is 428 g/mol. The van der Waals surface area contributed by atoms with Crippen molar-refractivity contribution in [2.24, 2.45) is 0 Å². The van der Waals surface area contributed by atoms with E-state index in [0.29, 0.717) is 19.4 Å². The third kappa shape index (κ3) is 6.62. The number of carbonyl (C=O) groups is 2. The summed E-state index contributed by atoms with van der Waals surface area (Å²) in [5.41, 5.74) is 2.57. The molecule has 5 nitrogen and oxygen atoms in total. The summed E-state index contributed by atoms with van der Waals surface area (Å²) in [4.78, 5) is 26.5. The molecular weight excluding hydrogens is 393 g/mol. The molecule has 6 heteroatoms. The van der Waals surface area contributed by atoms with Gasteiger partial charge in [-0.3, -0.25) is 9.59 Å². The lowest BCUT2D eigenvalue weighted by Gasteiger charge is -2.28. The molecule has 168 valence electrons. The van der Waals surface area contributed by atoms with Gasteiger partial charge in [0, 0.05) is 26.1 Å². The van der Waals surface area contributed by atoms with E-state index in [9.17, 15) is 14.0 Å². The quantitative estimate of drug-likeness (QED) is 0.644. The number of nitrogens with zero attached hydrogens (tertiary/aromatic N) is 1. The molecule has 0 unspecified atom stereocenters. The highest BCUT2D eigenvalue weighted by Gasteiger charge is 2.25. The van der Waals surface area contributed by atoms with E-state index in [-0.39, 0.29) is 22.9 Å². The van der Waals surface area contributed by atoms with Crippen LogP contribution in [-0.2, 0) is 16.6 Å². The van der Waals surface area contributed by atoms with Crippen molar-refractivity contribution in [3.63, 3.8) is 0 Å². The van der Waals surface area contributed by atoms with Crippen LogP contribution in [-0.4, -0.2) is 50.4 Å². The molecule has 0 saturated heterocycles. The highest BCUT2D eigenvalue weighted by molar-refractivity contribution is 5.94. The molecule has 0 radical (unpaired) electrons. The van der Waals surface area contributed by atoms with Gasteiger partial charge < -0.3 is 15.5 Å². The van der Waals surface area contributed by atoms with Gasteiger partial charge in [0.2, 0.25) is 5.91 Å². The largest absolute Gasteiger partial charge is 0.355 e. The minimum absolute atomic E-state index is 0.00672. The molecule has 2 aromatic rings. The van der Waals surface area contributed by atoms with E-state index < -0.39 is 11.7 Å². The summed E-state index contributed by atoms with van der Waals surface area (Å²) in [5.74, 6) is -0.991. The highest BCUT2D eigenvalue weighted by atomic mass is 19.1. The molecule has 2 rings (SSSR count). The van der Waals surface area contributed by atoms with Crippen LogP contribution in [0.1, 0.15) is 47.3 Å². The molecular formula is C25H34FN3O2. The van der Waals surface area contributed by atoms with Gasteiger partial charge in [0.1, 0.15) is 5.82 Å². The number of rotatable bonds is 9. The zero-order valence-electron chi connectivity index (χ0n) is 19.4. The minimum Gasteiger partial charge on any atom is -0.355 e.